The van der Waals surface area contributed by atoms with E-state index in [2.05, 4.69) is 5.32 Å². The molecule has 0 spiro atoms. The lowest BCUT2D eigenvalue weighted by atomic mass is 9.97. The summed E-state index contributed by atoms with van der Waals surface area (Å²) in [6.07, 6.45) is 2.60. The largest absolute Gasteiger partial charge is 0.494 e. The minimum atomic E-state index is -0.614. The molecule has 0 radical (unpaired) electrons. The van der Waals surface area contributed by atoms with Crippen molar-refractivity contribution in [1.82, 2.24) is 10.2 Å². The van der Waals surface area contributed by atoms with Crippen LogP contribution in [-0.2, 0) is 22.6 Å². The van der Waals surface area contributed by atoms with Crippen molar-refractivity contribution in [2.45, 2.75) is 51.2 Å². The molecule has 3 aromatic carbocycles. The standard InChI is InChI=1S/C30H35N3O4/c1-2-36-24-15-11-22(12-16-24)20-27-30(35)33(28(29(34)32-27)10-6-7-19-31)21-23-13-17-26(18-14-23)37-25-8-4-3-5-9-25/h3-5,8-9,11-18,27-28H,2,6-7,10,19-21,31H2,1H3,(H,32,34). The molecule has 1 fully saturated rings. The minimum Gasteiger partial charge on any atom is -0.494 e. The van der Waals surface area contributed by atoms with Crippen molar-refractivity contribution < 1.29 is 19.1 Å². The number of carbonyl (C=O) groups is 2. The molecule has 2 atom stereocenters. The Morgan fingerprint density at radius 2 is 1.49 bits per heavy atom. The number of nitrogens with one attached hydrogen (secondary N) is 1. The van der Waals surface area contributed by atoms with Gasteiger partial charge in [0.25, 0.3) is 0 Å². The number of unbranched alkanes of at least 4 members (excludes halogenated alkanes) is 1. The Balaban J connectivity index is 1.48. The highest BCUT2D eigenvalue weighted by atomic mass is 16.5. The van der Waals surface area contributed by atoms with Crippen LogP contribution >= 0.6 is 0 Å². The lowest BCUT2D eigenvalue weighted by Gasteiger charge is -2.39. The van der Waals surface area contributed by atoms with Crippen molar-refractivity contribution in [3.8, 4) is 17.2 Å². The smallest absolute Gasteiger partial charge is 0.246 e. The molecule has 1 aliphatic rings. The van der Waals surface area contributed by atoms with Gasteiger partial charge in [-0.1, -0.05) is 42.5 Å². The van der Waals surface area contributed by atoms with Gasteiger partial charge in [0.1, 0.15) is 29.3 Å². The zero-order chi connectivity index (χ0) is 26.0. The average molecular weight is 502 g/mol. The van der Waals surface area contributed by atoms with Gasteiger partial charge in [-0.15, -0.1) is 0 Å². The average Bonchev–Trinajstić information content (AvgIpc) is 2.91. The first-order valence-corrected chi connectivity index (χ1v) is 12.9. The Hall–Kier alpha value is -3.84. The van der Waals surface area contributed by atoms with Crippen LogP contribution in [0.3, 0.4) is 0 Å². The highest BCUT2D eigenvalue weighted by Gasteiger charge is 2.40. The third-order valence-corrected chi connectivity index (χ3v) is 6.44. The molecule has 0 bridgehead atoms. The van der Waals surface area contributed by atoms with Crippen molar-refractivity contribution in [1.29, 1.82) is 0 Å². The molecule has 4 rings (SSSR count). The number of nitrogens with zero attached hydrogens (tertiary/aromatic N) is 1. The quantitative estimate of drug-likeness (QED) is 0.358. The summed E-state index contributed by atoms with van der Waals surface area (Å²) in [5.41, 5.74) is 7.57. The molecule has 2 unspecified atom stereocenters. The van der Waals surface area contributed by atoms with Crippen molar-refractivity contribution in [2.24, 2.45) is 5.73 Å². The SMILES string of the molecule is CCOc1ccc(CC2NC(=O)C(CCCCN)N(Cc3ccc(Oc4ccccc4)cc3)C2=O)cc1. The van der Waals surface area contributed by atoms with E-state index in [9.17, 15) is 9.59 Å². The third kappa shape index (κ3) is 7.11. The molecule has 37 heavy (non-hydrogen) atoms. The molecule has 3 N–H and O–H groups in total. The van der Waals surface area contributed by atoms with E-state index >= 15 is 0 Å². The van der Waals surface area contributed by atoms with Gasteiger partial charge in [-0.2, -0.15) is 0 Å². The topological polar surface area (TPSA) is 93.9 Å². The molecule has 1 heterocycles. The second-order valence-corrected chi connectivity index (χ2v) is 9.17. The number of hydrogen-bond acceptors (Lipinski definition) is 5. The summed E-state index contributed by atoms with van der Waals surface area (Å²) in [7, 11) is 0. The van der Waals surface area contributed by atoms with Crippen molar-refractivity contribution in [2.75, 3.05) is 13.2 Å². The van der Waals surface area contributed by atoms with Gasteiger partial charge < -0.3 is 25.4 Å². The molecule has 3 aromatic rings. The first-order chi connectivity index (χ1) is 18.1. The summed E-state index contributed by atoms with van der Waals surface area (Å²) in [5, 5.41) is 2.97. The molecule has 0 aliphatic carbocycles. The molecule has 0 saturated carbocycles. The zero-order valence-electron chi connectivity index (χ0n) is 21.3. The Labute approximate surface area is 218 Å². The van der Waals surface area contributed by atoms with Crippen LogP contribution in [0.15, 0.2) is 78.9 Å². The number of ether oxygens (including phenoxy) is 2. The molecular weight excluding hydrogens is 466 g/mol. The molecule has 194 valence electrons. The van der Waals surface area contributed by atoms with Gasteiger partial charge in [0.15, 0.2) is 0 Å². The van der Waals surface area contributed by atoms with Crippen LogP contribution in [0.4, 0.5) is 0 Å². The zero-order valence-corrected chi connectivity index (χ0v) is 21.3. The van der Waals surface area contributed by atoms with Crippen LogP contribution in [0.5, 0.6) is 17.2 Å². The predicted molar refractivity (Wildman–Crippen MR) is 143 cm³/mol. The van der Waals surface area contributed by atoms with E-state index in [-0.39, 0.29) is 11.8 Å². The minimum absolute atomic E-state index is 0.0733. The second kappa shape index (κ2) is 12.9. The number of benzene rings is 3. The summed E-state index contributed by atoms with van der Waals surface area (Å²) in [4.78, 5) is 28.5. The summed E-state index contributed by atoms with van der Waals surface area (Å²) in [5.74, 6) is 2.07. The Bertz CT molecular complexity index is 1150. The molecule has 1 saturated heterocycles. The number of hydrogen-bond donors (Lipinski definition) is 2. The van der Waals surface area contributed by atoms with Gasteiger partial charge in [-0.25, -0.2) is 0 Å². The van der Waals surface area contributed by atoms with Crippen LogP contribution < -0.4 is 20.5 Å². The van der Waals surface area contributed by atoms with E-state index in [4.69, 9.17) is 15.2 Å². The fourth-order valence-corrected chi connectivity index (χ4v) is 4.53. The van der Waals surface area contributed by atoms with Crippen LogP contribution in [-0.4, -0.2) is 41.9 Å². The maximum absolute atomic E-state index is 13.6. The van der Waals surface area contributed by atoms with E-state index in [0.717, 1.165) is 35.5 Å². The van der Waals surface area contributed by atoms with Crippen LogP contribution in [0.2, 0.25) is 0 Å². The number of rotatable bonds is 12. The first-order valence-electron chi connectivity index (χ1n) is 12.9. The van der Waals surface area contributed by atoms with Crippen LogP contribution in [0.1, 0.15) is 37.3 Å². The van der Waals surface area contributed by atoms with Crippen molar-refractivity contribution in [3.63, 3.8) is 0 Å². The number of piperazine rings is 1. The van der Waals surface area contributed by atoms with Gasteiger partial charge in [0, 0.05) is 13.0 Å². The van der Waals surface area contributed by atoms with Gasteiger partial charge in [0.05, 0.1) is 6.61 Å². The normalized spacial score (nSPS) is 17.4. The van der Waals surface area contributed by atoms with Gasteiger partial charge in [-0.05, 0) is 80.3 Å². The lowest BCUT2D eigenvalue weighted by molar-refractivity contribution is -0.150. The molecule has 1 aliphatic heterocycles. The van der Waals surface area contributed by atoms with Gasteiger partial charge in [0.2, 0.25) is 11.8 Å². The predicted octanol–water partition coefficient (Wildman–Crippen LogP) is 4.44. The molecule has 0 aromatic heterocycles. The van der Waals surface area contributed by atoms with E-state index in [1.165, 1.54) is 0 Å². The summed E-state index contributed by atoms with van der Waals surface area (Å²) in [6.45, 7) is 3.44. The third-order valence-electron chi connectivity index (χ3n) is 6.44. The molecular formula is C30H35N3O4. The fraction of sp³-hybridized carbons (Fsp3) is 0.333. The maximum atomic E-state index is 13.6. The summed E-state index contributed by atoms with van der Waals surface area (Å²) >= 11 is 0. The Kier molecular flexibility index (Phi) is 9.16. The van der Waals surface area contributed by atoms with E-state index in [0.29, 0.717) is 38.3 Å². The highest BCUT2D eigenvalue weighted by Crippen LogP contribution is 2.25. The highest BCUT2D eigenvalue weighted by molar-refractivity contribution is 5.97. The summed E-state index contributed by atoms with van der Waals surface area (Å²) in [6, 6.07) is 23.8. The summed E-state index contributed by atoms with van der Waals surface area (Å²) < 4.78 is 11.4. The van der Waals surface area contributed by atoms with Crippen molar-refractivity contribution in [3.05, 3.63) is 90.0 Å². The molecule has 7 heteroatoms. The van der Waals surface area contributed by atoms with E-state index in [1.807, 2.05) is 85.8 Å². The van der Waals surface area contributed by atoms with Gasteiger partial charge >= 0.3 is 0 Å². The van der Waals surface area contributed by atoms with E-state index < -0.39 is 12.1 Å². The number of para-hydroxylation sites is 1. The Morgan fingerprint density at radius 1 is 0.838 bits per heavy atom. The molecule has 7 nitrogen and oxygen atoms in total. The van der Waals surface area contributed by atoms with Crippen LogP contribution in [0.25, 0.3) is 0 Å². The first kappa shape index (κ1) is 26.2. The monoisotopic (exact) mass is 501 g/mol. The lowest BCUT2D eigenvalue weighted by Crippen LogP contribution is -2.63. The molecule has 2 amide bonds. The number of nitrogens with two attached hydrogens (primary N) is 1. The number of carbonyl (C=O) groups excluding carboxylic acids is 2. The second-order valence-electron chi connectivity index (χ2n) is 9.17. The van der Waals surface area contributed by atoms with E-state index in [1.54, 1.807) is 4.90 Å². The van der Waals surface area contributed by atoms with Crippen LogP contribution in [0, 0.1) is 0 Å². The maximum Gasteiger partial charge on any atom is 0.246 e. The van der Waals surface area contributed by atoms with Crippen molar-refractivity contribution >= 4 is 11.8 Å². The Morgan fingerprint density at radius 3 is 2.16 bits per heavy atom. The van der Waals surface area contributed by atoms with Gasteiger partial charge in [-0.3, -0.25) is 9.59 Å². The number of amides is 2. The fourth-order valence-electron chi connectivity index (χ4n) is 4.53.